The molecular formula is C20H22FN5O4. The number of anilines is 1. The number of nitrogens with zero attached hydrogens (tertiary/aromatic N) is 2. The summed E-state index contributed by atoms with van der Waals surface area (Å²) < 4.78 is 24.8. The fraction of sp³-hybridized carbons (Fsp3) is 0.300. The molecule has 0 saturated heterocycles. The maximum Gasteiger partial charge on any atom is 0.317 e. The molecular weight excluding hydrogens is 393 g/mol. The first kappa shape index (κ1) is 21.2. The number of fused-ring (bicyclic) bond motifs is 1. The van der Waals surface area contributed by atoms with E-state index in [1.807, 2.05) is 6.92 Å². The van der Waals surface area contributed by atoms with E-state index in [1.54, 1.807) is 18.2 Å². The number of aromatic nitrogens is 3. The molecule has 4 N–H and O–H groups in total. The number of benzene rings is 1. The summed E-state index contributed by atoms with van der Waals surface area (Å²) in [7, 11) is 1.52. The van der Waals surface area contributed by atoms with Crippen molar-refractivity contribution >= 4 is 22.5 Å². The first-order chi connectivity index (χ1) is 14.5. The van der Waals surface area contributed by atoms with Crippen LogP contribution in [0.5, 0.6) is 6.01 Å². The van der Waals surface area contributed by atoms with Gasteiger partial charge in [-0.05, 0) is 6.42 Å². The number of rotatable bonds is 8. The zero-order valence-corrected chi connectivity index (χ0v) is 16.6. The molecule has 0 spiro atoms. The van der Waals surface area contributed by atoms with Gasteiger partial charge in [-0.3, -0.25) is 9.59 Å². The van der Waals surface area contributed by atoms with Crippen LogP contribution in [0.25, 0.3) is 22.2 Å². The molecule has 9 nitrogen and oxygen atoms in total. The summed E-state index contributed by atoms with van der Waals surface area (Å²) in [5.74, 6) is -1.27. The lowest BCUT2D eigenvalue weighted by Gasteiger charge is -2.12. The van der Waals surface area contributed by atoms with Gasteiger partial charge in [0, 0.05) is 24.6 Å². The van der Waals surface area contributed by atoms with E-state index >= 15 is 0 Å². The fourth-order valence-electron chi connectivity index (χ4n) is 2.92. The summed E-state index contributed by atoms with van der Waals surface area (Å²) in [4.78, 5) is 35.5. The molecule has 2 aromatic heterocycles. The lowest BCUT2D eigenvalue weighted by atomic mass is 10.0. The van der Waals surface area contributed by atoms with E-state index in [4.69, 9.17) is 15.2 Å². The Bertz CT molecular complexity index is 1130. The van der Waals surface area contributed by atoms with Crippen LogP contribution in [-0.2, 0) is 4.74 Å². The van der Waals surface area contributed by atoms with Gasteiger partial charge in [-0.1, -0.05) is 25.1 Å². The number of hydrogen-bond acceptors (Lipinski definition) is 7. The van der Waals surface area contributed by atoms with Crippen molar-refractivity contribution in [3.8, 4) is 17.3 Å². The molecule has 0 fully saturated rings. The van der Waals surface area contributed by atoms with Crippen molar-refractivity contribution < 1.29 is 18.7 Å². The van der Waals surface area contributed by atoms with Crippen LogP contribution >= 0.6 is 0 Å². The first-order valence-corrected chi connectivity index (χ1v) is 9.35. The minimum atomic E-state index is -0.703. The molecule has 0 atom stereocenters. The monoisotopic (exact) mass is 415 g/mol. The summed E-state index contributed by atoms with van der Waals surface area (Å²) in [6, 6.07) is 4.81. The maximum absolute atomic E-state index is 14.5. The molecule has 0 aliphatic rings. The Morgan fingerprint density at radius 3 is 2.87 bits per heavy atom. The molecule has 0 unspecified atom stereocenters. The average Bonchev–Trinajstić information content (AvgIpc) is 2.73. The van der Waals surface area contributed by atoms with Crippen molar-refractivity contribution in [1.82, 2.24) is 20.3 Å². The number of methoxy groups -OCH3 is 1. The highest BCUT2D eigenvalue weighted by Crippen LogP contribution is 2.31. The molecule has 2 heterocycles. The number of carbonyl (C=O) groups is 1. The lowest BCUT2D eigenvalue weighted by Crippen LogP contribution is -2.31. The number of H-pyrrole nitrogens is 1. The zero-order chi connectivity index (χ0) is 21.7. The number of amides is 1. The fourth-order valence-corrected chi connectivity index (χ4v) is 2.92. The number of nitrogen functional groups attached to an aromatic ring is 1. The minimum absolute atomic E-state index is 0.00948. The third kappa shape index (κ3) is 4.23. The second kappa shape index (κ2) is 9.31. The molecule has 0 saturated carbocycles. The molecule has 1 aromatic carbocycles. The Morgan fingerprint density at radius 1 is 1.33 bits per heavy atom. The predicted octanol–water partition coefficient (Wildman–Crippen LogP) is 1.87. The van der Waals surface area contributed by atoms with E-state index < -0.39 is 17.3 Å². The van der Waals surface area contributed by atoms with E-state index in [-0.39, 0.29) is 40.6 Å². The van der Waals surface area contributed by atoms with Crippen LogP contribution in [0.4, 0.5) is 10.1 Å². The third-order valence-corrected chi connectivity index (χ3v) is 4.35. The number of pyridine rings is 1. The molecule has 158 valence electrons. The molecule has 10 heteroatoms. The standard InChI is InChI=1S/C20H22FN5O4/c1-3-7-23-18(27)14-15(22)11-5-4-6-12(16(11)25-19(14)28)17-13(21)10-24-20(26-17)30-9-8-29-2/h4-6,10H,3,7-9H2,1-2H3,(H,23,27)(H3,22,25,28). The van der Waals surface area contributed by atoms with E-state index in [9.17, 15) is 14.0 Å². The van der Waals surface area contributed by atoms with Gasteiger partial charge < -0.3 is 25.5 Å². The van der Waals surface area contributed by atoms with Gasteiger partial charge in [0.2, 0.25) is 0 Å². The van der Waals surface area contributed by atoms with Gasteiger partial charge in [-0.25, -0.2) is 9.37 Å². The third-order valence-electron chi connectivity index (χ3n) is 4.35. The van der Waals surface area contributed by atoms with Gasteiger partial charge in [0.25, 0.3) is 11.5 Å². The van der Waals surface area contributed by atoms with Crippen LogP contribution in [0, 0.1) is 5.82 Å². The molecule has 30 heavy (non-hydrogen) atoms. The van der Waals surface area contributed by atoms with Crippen LogP contribution < -0.4 is 21.3 Å². The number of halogens is 1. The molecule has 3 aromatic rings. The van der Waals surface area contributed by atoms with E-state index in [0.717, 1.165) is 6.20 Å². The van der Waals surface area contributed by atoms with Crippen molar-refractivity contribution in [2.45, 2.75) is 13.3 Å². The topological polar surface area (TPSA) is 132 Å². The van der Waals surface area contributed by atoms with Crippen molar-refractivity contribution in [2.24, 2.45) is 0 Å². The Balaban J connectivity index is 2.12. The summed E-state index contributed by atoms with van der Waals surface area (Å²) in [6.45, 7) is 2.81. The average molecular weight is 415 g/mol. The van der Waals surface area contributed by atoms with Gasteiger partial charge in [-0.15, -0.1) is 0 Å². The smallest absolute Gasteiger partial charge is 0.317 e. The van der Waals surface area contributed by atoms with Crippen LogP contribution in [0.2, 0.25) is 0 Å². The minimum Gasteiger partial charge on any atom is -0.461 e. The second-order valence-electron chi connectivity index (χ2n) is 6.42. The Labute approximate surface area is 171 Å². The largest absolute Gasteiger partial charge is 0.461 e. The Morgan fingerprint density at radius 2 is 2.13 bits per heavy atom. The zero-order valence-electron chi connectivity index (χ0n) is 16.6. The highest BCUT2D eigenvalue weighted by molar-refractivity contribution is 6.08. The summed E-state index contributed by atoms with van der Waals surface area (Å²) >= 11 is 0. The number of nitrogens with two attached hydrogens (primary N) is 1. The normalized spacial score (nSPS) is 10.9. The summed E-state index contributed by atoms with van der Waals surface area (Å²) in [6.07, 6.45) is 1.69. The lowest BCUT2D eigenvalue weighted by molar-refractivity contribution is 0.0953. The van der Waals surface area contributed by atoms with Crippen molar-refractivity contribution in [3.63, 3.8) is 0 Å². The van der Waals surface area contributed by atoms with Crippen LogP contribution in [0.3, 0.4) is 0 Å². The molecule has 0 aliphatic heterocycles. The van der Waals surface area contributed by atoms with Gasteiger partial charge in [-0.2, -0.15) is 4.98 Å². The number of carbonyl (C=O) groups excluding carboxylic acids is 1. The maximum atomic E-state index is 14.5. The molecule has 1 amide bonds. The predicted molar refractivity (Wildman–Crippen MR) is 110 cm³/mol. The van der Waals surface area contributed by atoms with E-state index in [1.165, 1.54) is 7.11 Å². The highest BCUT2D eigenvalue weighted by atomic mass is 19.1. The van der Waals surface area contributed by atoms with E-state index in [0.29, 0.717) is 25.0 Å². The summed E-state index contributed by atoms with van der Waals surface area (Å²) in [5, 5.41) is 3.03. The van der Waals surface area contributed by atoms with Gasteiger partial charge in [0.05, 0.1) is 24.0 Å². The number of hydrogen-bond donors (Lipinski definition) is 3. The van der Waals surface area contributed by atoms with Crippen LogP contribution in [0.1, 0.15) is 23.7 Å². The van der Waals surface area contributed by atoms with Crippen molar-refractivity contribution in [3.05, 3.63) is 46.1 Å². The van der Waals surface area contributed by atoms with Gasteiger partial charge in [0.1, 0.15) is 17.9 Å². The van der Waals surface area contributed by atoms with Gasteiger partial charge >= 0.3 is 6.01 Å². The summed E-state index contributed by atoms with van der Waals surface area (Å²) in [5.41, 5.74) is 5.77. The Hall–Kier alpha value is -3.53. The van der Waals surface area contributed by atoms with Crippen molar-refractivity contribution in [2.75, 3.05) is 32.6 Å². The Kier molecular flexibility index (Phi) is 6.58. The number of para-hydroxylation sites is 1. The molecule has 0 aliphatic carbocycles. The van der Waals surface area contributed by atoms with Gasteiger partial charge in [0.15, 0.2) is 5.82 Å². The molecule has 0 bridgehead atoms. The second-order valence-corrected chi connectivity index (χ2v) is 6.42. The number of aromatic amines is 1. The molecule has 0 radical (unpaired) electrons. The number of nitrogens with one attached hydrogen (secondary N) is 2. The molecule has 3 rings (SSSR count). The SMILES string of the molecule is CCCNC(=O)c1c(N)c2cccc(-c3nc(OCCOC)ncc3F)c2[nH]c1=O. The highest BCUT2D eigenvalue weighted by Gasteiger charge is 2.20. The van der Waals surface area contributed by atoms with Crippen molar-refractivity contribution in [1.29, 1.82) is 0 Å². The van der Waals surface area contributed by atoms with E-state index in [2.05, 4.69) is 20.3 Å². The number of ether oxygens (including phenoxy) is 2. The quantitative estimate of drug-likeness (QED) is 0.479. The first-order valence-electron chi connectivity index (χ1n) is 9.35. The van der Waals surface area contributed by atoms with Crippen LogP contribution in [-0.4, -0.2) is 47.7 Å². The van der Waals surface area contributed by atoms with Crippen LogP contribution in [0.15, 0.2) is 29.2 Å².